The molecule has 0 atom stereocenters. The van der Waals surface area contributed by atoms with Crippen molar-refractivity contribution in [3.8, 4) is 0 Å². The Balaban J connectivity index is 2.22. The van der Waals surface area contributed by atoms with Gasteiger partial charge in [-0.3, -0.25) is 0 Å². The van der Waals surface area contributed by atoms with Crippen LogP contribution < -0.4 is 0 Å². The first kappa shape index (κ1) is 17.9. The van der Waals surface area contributed by atoms with Gasteiger partial charge in [-0.05, 0) is 55.4 Å². The van der Waals surface area contributed by atoms with Crippen LogP contribution >= 0.6 is 23.2 Å². The summed E-state index contributed by atoms with van der Waals surface area (Å²) in [6.07, 6.45) is 0. The molecule has 8 heteroatoms. The van der Waals surface area contributed by atoms with E-state index in [4.69, 9.17) is 41.8 Å². The molecule has 2 rings (SSSR count). The minimum absolute atomic E-state index is 0.518. The first-order chi connectivity index (χ1) is 9.12. The fraction of sp³-hybridized carbons (Fsp3) is 1.00. The van der Waals surface area contributed by atoms with E-state index in [2.05, 4.69) is 0 Å². The zero-order valence-electron chi connectivity index (χ0n) is 14.0. The molecule has 2 fully saturated rings. The number of alkyl halides is 2. The second-order valence-electron chi connectivity index (χ2n) is 7.85. The molecule has 2 aliphatic rings. The molecule has 0 aromatic rings. The van der Waals surface area contributed by atoms with Crippen LogP contribution in [0.3, 0.4) is 0 Å². The molecule has 0 aromatic heterocycles. The van der Waals surface area contributed by atoms with E-state index in [0.717, 1.165) is 0 Å². The molecule has 0 radical (unpaired) electrons. The summed E-state index contributed by atoms with van der Waals surface area (Å²) in [6.45, 7) is 15.6. The zero-order chi connectivity index (χ0) is 16.5. The summed E-state index contributed by atoms with van der Waals surface area (Å²) in [5.41, 5.74) is -2.07. The van der Waals surface area contributed by atoms with Crippen molar-refractivity contribution in [2.75, 3.05) is 0 Å². The SMILES string of the molecule is CC1(C)OB(C(Cl)(Cl)B2OC(C)(C)C(C)(C)O2)OC1(C)C. The fourth-order valence-corrected chi connectivity index (χ4v) is 2.47. The molecule has 0 aliphatic carbocycles. The third-order valence-electron chi connectivity index (χ3n) is 5.14. The molecule has 120 valence electrons. The fourth-order valence-electron chi connectivity index (χ4n) is 2.11. The van der Waals surface area contributed by atoms with Crippen molar-refractivity contribution < 1.29 is 18.6 Å². The van der Waals surface area contributed by atoms with Crippen molar-refractivity contribution in [3.05, 3.63) is 0 Å². The minimum atomic E-state index is -1.46. The second kappa shape index (κ2) is 4.78. The molecule has 0 unspecified atom stereocenters. The molecule has 0 aromatic carbocycles. The molecular weight excluding hydrogens is 313 g/mol. The van der Waals surface area contributed by atoms with Crippen molar-refractivity contribution in [3.63, 3.8) is 0 Å². The Morgan fingerprint density at radius 1 is 0.571 bits per heavy atom. The van der Waals surface area contributed by atoms with E-state index in [0.29, 0.717) is 0 Å². The second-order valence-corrected chi connectivity index (χ2v) is 9.30. The van der Waals surface area contributed by atoms with Gasteiger partial charge in [-0.25, -0.2) is 0 Å². The lowest BCUT2D eigenvalue weighted by molar-refractivity contribution is 0.00578. The molecule has 0 N–H and O–H groups in total. The Bertz CT molecular complexity index is 368. The predicted octanol–water partition coefficient (Wildman–Crippen LogP) is 3.42. The number of hydrogen-bond acceptors (Lipinski definition) is 4. The summed E-state index contributed by atoms with van der Waals surface area (Å²) in [4.78, 5) is 0. The largest absolute Gasteiger partial charge is 0.494 e. The Kier molecular flexibility index (Phi) is 4.07. The quantitative estimate of drug-likeness (QED) is 0.572. The molecule has 21 heavy (non-hydrogen) atoms. The van der Waals surface area contributed by atoms with E-state index in [1.165, 1.54) is 0 Å². The first-order valence-electron chi connectivity index (χ1n) is 7.21. The van der Waals surface area contributed by atoms with Gasteiger partial charge in [0.15, 0.2) is 4.13 Å². The maximum atomic E-state index is 6.52. The van der Waals surface area contributed by atoms with E-state index in [-0.39, 0.29) is 0 Å². The maximum Gasteiger partial charge on any atom is 0.494 e. The van der Waals surface area contributed by atoms with Gasteiger partial charge in [0.2, 0.25) is 0 Å². The molecule has 0 bridgehead atoms. The highest BCUT2D eigenvalue weighted by Crippen LogP contribution is 2.48. The van der Waals surface area contributed by atoms with Gasteiger partial charge < -0.3 is 18.6 Å². The lowest BCUT2D eigenvalue weighted by Crippen LogP contribution is -2.52. The molecule has 2 saturated heterocycles. The highest BCUT2D eigenvalue weighted by molar-refractivity contribution is 6.96. The Morgan fingerprint density at radius 3 is 0.952 bits per heavy atom. The van der Waals surface area contributed by atoms with Crippen molar-refractivity contribution in [2.24, 2.45) is 0 Å². The van der Waals surface area contributed by atoms with E-state index < -0.39 is 40.8 Å². The van der Waals surface area contributed by atoms with Crippen LogP contribution in [0.5, 0.6) is 0 Å². The predicted molar refractivity (Wildman–Crippen MR) is 86.6 cm³/mol. The van der Waals surface area contributed by atoms with Crippen LogP contribution in [0.2, 0.25) is 0 Å². The van der Waals surface area contributed by atoms with Crippen LogP contribution in [0, 0.1) is 0 Å². The van der Waals surface area contributed by atoms with Crippen LogP contribution in [-0.2, 0) is 18.6 Å². The van der Waals surface area contributed by atoms with E-state index in [1.54, 1.807) is 0 Å². The Morgan fingerprint density at radius 2 is 0.762 bits per heavy atom. The highest BCUT2D eigenvalue weighted by atomic mass is 35.5. The number of hydrogen-bond donors (Lipinski definition) is 0. The third-order valence-corrected chi connectivity index (χ3v) is 5.85. The van der Waals surface area contributed by atoms with Gasteiger partial charge >= 0.3 is 14.2 Å². The van der Waals surface area contributed by atoms with Gasteiger partial charge in [-0.2, -0.15) is 0 Å². The topological polar surface area (TPSA) is 36.9 Å². The van der Waals surface area contributed by atoms with Gasteiger partial charge in [0.05, 0.1) is 22.4 Å². The van der Waals surface area contributed by atoms with Gasteiger partial charge in [0.1, 0.15) is 0 Å². The summed E-state index contributed by atoms with van der Waals surface area (Å²) in [7, 11) is -1.67. The average molecular weight is 337 g/mol. The van der Waals surface area contributed by atoms with E-state index in [9.17, 15) is 0 Å². The van der Waals surface area contributed by atoms with Crippen molar-refractivity contribution >= 4 is 37.4 Å². The number of rotatable bonds is 2. The molecule has 0 amide bonds. The molecular formula is C13H24B2Cl2O4. The molecule has 2 aliphatic heterocycles. The van der Waals surface area contributed by atoms with Crippen LogP contribution in [-0.4, -0.2) is 40.8 Å². The molecule has 0 saturated carbocycles. The van der Waals surface area contributed by atoms with Gasteiger partial charge in [-0.15, -0.1) is 23.2 Å². The van der Waals surface area contributed by atoms with Crippen LogP contribution in [0.15, 0.2) is 0 Å². The normalized spacial score (nSPS) is 30.0. The zero-order valence-corrected chi connectivity index (χ0v) is 15.6. The molecule has 0 spiro atoms. The summed E-state index contributed by atoms with van der Waals surface area (Å²) in [5, 5.41) is 0. The van der Waals surface area contributed by atoms with Crippen LogP contribution in [0.25, 0.3) is 0 Å². The van der Waals surface area contributed by atoms with E-state index in [1.807, 2.05) is 55.4 Å². The number of halogens is 2. The molecule has 2 heterocycles. The Labute approximate surface area is 138 Å². The maximum absolute atomic E-state index is 6.52. The van der Waals surface area contributed by atoms with Crippen molar-refractivity contribution in [2.45, 2.75) is 81.9 Å². The lowest BCUT2D eigenvalue weighted by Gasteiger charge is -2.32. The van der Waals surface area contributed by atoms with E-state index >= 15 is 0 Å². The van der Waals surface area contributed by atoms with Gasteiger partial charge in [0, 0.05) is 0 Å². The lowest BCUT2D eigenvalue weighted by atomic mass is 9.62. The first-order valence-corrected chi connectivity index (χ1v) is 7.97. The Hall–Kier alpha value is 0.550. The van der Waals surface area contributed by atoms with Crippen molar-refractivity contribution in [1.82, 2.24) is 0 Å². The summed E-state index contributed by atoms with van der Waals surface area (Å²) >= 11 is 13.0. The molecule has 4 nitrogen and oxygen atoms in total. The van der Waals surface area contributed by atoms with Crippen LogP contribution in [0.4, 0.5) is 0 Å². The third kappa shape index (κ3) is 2.77. The summed E-state index contributed by atoms with van der Waals surface area (Å²) < 4.78 is 22.3. The standard InChI is InChI=1S/C13H24B2Cl2O4/c1-9(2)10(3,4)19-14(18-9)13(16,17)15-20-11(5,6)12(7,8)21-15/h1-8H3. The van der Waals surface area contributed by atoms with Crippen LogP contribution in [0.1, 0.15) is 55.4 Å². The van der Waals surface area contributed by atoms with Gasteiger partial charge in [-0.1, -0.05) is 0 Å². The monoisotopic (exact) mass is 336 g/mol. The van der Waals surface area contributed by atoms with Crippen molar-refractivity contribution in [1.29, 1.82) is 0 Å². The van der Waals surface area contributed by atoms with Gasteiger partial charge in [0.25, 0.3) is 0 Å². The summed E-state index contributed by atoms with van der Waals surface area (Å²) in [5.74, 6) is 0. The minimum Gasteiger partial charge on any atom is -0.402 e. The smallest absolute Gasteiger partial charge is 0.402 e. The average Bonchev–Trinajstić information content (AvgIpc) is 2.59. The highest BCUT2D eigenvalue weighted by Gasteiger charge is 2.69. The summed E-state index contributed by atoms with van der Waals surface area (Å²) in [6, 6.07) is 0.